The van der Waals surface area contributed by atoms with Gasteiger partial charge in [0, 0.05) is 18.1 Å². The number of benzene rings is 1. The molecule has 1 aromatic carbocycles. The Morgan fingerprint density at radius 2 is 1.95 bits per heavy atom. The van der Waals surface area contributed by atoms with Crippen molar-refractivity contribution in [1.82, 2.24) is 4.90 Å². The summed E-state index contributed by atoms with van der Waals surface area (Å²) in [5, 5.41) is 0. The molecule has 0 amide bonds. The number of aryl methyl sites for hydroxylation is 1. The third-order valence-corrected chi connectivity index (χ3v) is 5.51. The van der Waals surface area contributed by atoms with Gasteiger partial charge in [0.15, 0.2) is 0 Å². The first-order chi connectivity index (χ1) is 9.54. The Bertz CT molecular complexity index is 474. The third-order valence-electron chi connectivity index (χ3n) is 5.51. The first-order valence-electron chi connectivity index (χ1n) is 7.77. The second-order valence-electron chi connectivity index (χ2n) is 6.72. The number of nitrogens with zero attached hydrogens (tertiary/aromatic N) is 1. The van der Waals surface area contributed by atoms with E-state index in [-0.39, 0.29) is 11.9 Å². The van der Waals surface area contributed by atoms with Crippen LogP contribution < -0.4 is 5.73 Å². The number of fused-ring (bicyclic) bond motifs is 2. The molecule has 0 aliphatic carbocycles. The minimum atomic E-state index is -0.152. The molecule has 2 bridgehead atoms. The molecule has 3 heteroatoms. The number of rotatable bonds is 3. The van der Waals surface area contributed by atoms with E-state index in [2.05, 4.69) is 11.9 Å². The fraction of sp³-hybridized carbons (Fsp3) is 0.647. The molecule has 1 aromatic rings. The topological polar surface area (TPSA) is 29.3 Å². The van der Waals surface area contributed by atoms with Crippen LogP contribution in [0.25, 0.3) is 0 Å². The predicted octanol–water partition coefficient (Wildman–Crippen LogP) is 2.88. The molecule has 2 aliphatic rings. The van der Waals surface area contributed by atoms with Crippen LogP contribution in [0, 0.1) is 18.7 Å². The van der Waals surface area contributed by atoms with Crippen LogP contribution in [0.5, 0.6) is 0 Å². The molecule has 2 saturated heterocycles. The van der Waals surface area contributed by atoms with Gasteiger partial charge in [0.1, 0.15) is 5.82 Å². The van der Waals surface area contributed by atoms with Crippen LogP contribution in [0.3, 0.4) is 0 Å². The highest BCUT2D eigenvalue weighted by atomic mass is 19.1. The largest absolute Gasteiger partial charge is 0.327 e. The van der Waals surface area contributed by atoms with Crippen molar-refractivity contribution >= 4 is 0 Å². The lowest BCUT2D eigenvalue weighted by Crippen LogP contribution is -2.46. The van der Waals surface area contributed by atoms with Crippen LogP contribution >= 0.6 is 0 Å². The highest BCUT2D eigenvalue weighted by Crippen LogP contribution is 2.38. The van der Waals surface area contributed by atoms with Crippen LogP contribution in [-0.4, -0.2) is 30.1 Å². The minimum absolute atomic E-state index is 0.152. The normalized spacial score (nSPS) is 31.5. The molecule has 0 saturated carbocycles. The summed E-state index contributed by atoms with van der Waals surface area (Å²) in [7, 11) is 2.25. The van der Waals surface area contributed by atoms with Gasteiger partial charge in [-0.1, -0.05) is 6.07 Å². The van der Waals surface area contributed by atoms with Crippen LogP contribution in [-0.2, 0) is 6.42 Å². The van der Waals surface area contributed by atoms with Gasteiger partial charge in [0.25, 0.3) is 0 Å². The monoisotopic (exact) mass is 276 g/mol. The van der Waals surface area contributed by atoms with Crippen LogP contribution in [0.1, 0.15) is 36.8 Å². The summed E-state index contributed by atoms with van der Waals surface area (Å²) >= 11 is 0. The molecule has 2 fully saturated rings. The van der Waals surface area contributed by atoms with Crippen molar-refractivity contribution in [2.75, 3.05) is 7.05 Å². The molecule has 2 heterocycles. The van der Waals surface area contributed by atoms with Crippen molar-refractivity contribution in [2.24, 2.45) is 11.7 Å². The molecule has 2 aliphatic heterocycles. The van der Waals surface area contributed by atoms with Gasteiger partial charge in [-0.05, 0) is 75.3 Å². The number of piperidine rings is 1. The van der Waals surface area contributed by atoms with Crippen LogP contribution in [0.2, 0.25) is 0 Å². The van der Waals surface area contributed by atoms with Gasteiger partial charge >= 0.3 is 0 Å². The van der Waals surface area contributed by atoms with Crippen LogP contribution in [0.15, 0.2) is 18.2 Å². The van der Waals surface area contributed by atoms with E-state index in [0.29, 0.717) is 5.92 Å². The Morgan fingerprint density at radius 3 is 2.60 bits per heavy atom. The first-order valence-corrected chi connectivity index (χ1v) is 7.77. The Kier molecular flexibility index (Phi) is 3.83. The van der Waals surface area contributed by atoms with Gasteiger partial charge in [-0.3, -0.25) is 0 Å². The highest BCUT2D eigenvalue weighted by molar-refractivity contribution is 5.27. The molecule has 3 rings (SSSR count). The van der Waals surface area contributed by atoms with Crippen molar-refractivity contribution in [3.05, 3.63) is 35.1 Å². The van der Waals surface area contributed by atoms with E-state index in [0.717, 1.165) is 29.6 Å². The molecule has 2 nitrogen and oxygen atoms in total. The summed E-state index contributed by atoms with van der Waals surface area (Å²) in [4.78, 5) is 2.54. The molecule has 3 unspecified atom stereocenters. The fourth-order valence-corrected chi connectivity index (χ4v) is 4.08. The highest BCUT2D eigenvalue weighted by Gasteiger charge is 2.40. The van der Waals surface area contributed by atoms with E-state index in [4.69, 9.17) is 5.73 Å². The molecular weight excluding hydrogens is 251 g/mol. The van der Waals surface area contributed by atoms with Gasteiger partial charge in [-0.15, -0.1) is 0 Å². The summed E-state index contributed by atoms with van der Waals surface area (Å²) in [5.74, 6) is 0.438. The predicted molar refractivity (Wildman–Crippen MR) is 80.1 cm³/mol. The van der Waals surface area contributed by atoms with Crippen molar-refractivity contribution in [2.45, 2.75) is 57.2 Å². The van der Waals surface area contributed by atoms with Gasteiger partial charge in [0.05, 0.1) is 0 Å². The van der Waals surface area contributed by atoms with Crippen molar-refractivity contribution < 1.29 is 4.39 Å². The number of nitrogens with two attached hydrogens (primary N) is 1. The van der Waals surface area contributed by atoms with E-state index in [1.165, 1.54) is 31.7 Å². The first kappa shape index (κ1) is 14.0. The zero-order valence-corrected chi connectivity index (χ0v) is 12.5. The maximum Gasteiger partial charge on any atom is 0.123 e. The zero-order valence-electron chi connectivity index (χ0n) is 12.5. The van der Waals surface area contributed by atoms with E-state index in [1.54, 1.807) is 6.07 Å². The van der Waals surface area contributed by atoms with E-state index in [9.17, 15) is 4.39 Å². The molecular formula is C17H25FN2. The molecule has 3 atom stereocenters. The zero-order chi connectivity index (χ0) is 14.3. The second kappa shape index (κ2) is 5.45. The lowest BCUT2D eigenvalue weighted by Gasteiger charge is -2.39. The summed E-state index contributed by atoms with van der Waals surface area (Å²) in [6.07, 6.45) is 5.87. The maximum absolute atomic E-state index is 13.4. The van der Waals surface area contributed by atoms with Gasteiger partial charge in [-0.25, -0.2) is 4.39 Å². The van der Waals surface area contributed by atoms with Gasteiger partial charge < -0.3 is 10.6 Å². The average molecular weight is 276 g/mol. The number of hydrogen-bond donors (Lipinski definition) is 1. The van der Waals surface area contributed by atoms with E-state index >= 15 is 0 Å². The lowest BCUT2D eigenvalue weighted by atomic mass is 9.82. The Labute approximate surface area is 121 Å². The van der Waals surface area contributed by atoms with Gasteiger partial charge in [0.2, 0.25) is 0 Å². The Balaban J connectivity index is 1.68. The fourth-order valence-electron chi connectivity index (χ4n) is 4.08. The van der Waals surface area contributed by atoms with Crippen molar-refractivity contribution in [3.8, 4) is 0 Å². The molecule has 110 valence electrons. The van der Waals surface area contributed by atoms with Crippen LogP contribution in [0.4, 0.5) is 4.39 Å². The molecule has 0 spiro atoms. The lowest BCUT2D eigenvalue weighted by molar-refractivity contribution is 0.120. The van der Waals surface area contributed by atoms with E-state index < -0.39 is 0 Å². The Morgan fingerprint density at radius 1 is 1.30 bits per heavy atom. The smallest absolute Gasteiger partial charge is 0.123 e. The second-order valence-corrected chi connectivity index (χ2v) is 6.72. The standard InChI is InChI=1S/C17H25FN2/c1-11-3-4-14(18)7-12(11)10-17(19)13-8-15-5-6-16(9-13)20(15)2/h3-4,7,13,15-17H,5-6,8-10,19H2,1-2H3. The summed E-state index contributed by atoms with van der Waals surface area (Å²) in [6.45, 7) is 2.04. The number of halogens is 1. The molecule has 2 N–H and O–H groups in total. The van der Waals surface area contributed by atoms with E-state index in [1.807, 2.05) is 13.0 Å². The SMILES string of the molecule is Cc1ccc(F)cc1CC(N)C1CC2CCC(C1)N2C. The molecule has 0 aromatic heterocycles. The summed E-state index contributed by atoms with van der Waals surface area (Å²) < 4.78 is 13.4. The molecule has 0 radical (unpaired) electrons. The Hall–Kier alpha value is -0.930. The quantitative estimate of drug-likeness (QED) is 0.920. The summed E-state index contributed by atoms with van der Waals surface area (Å²) in [5.41, 5.74) is 8.68. The van der Waals surface area contributed by atoms with Crippen molar-refractivity contribution in [3.63, 3.8) is 0 Å². The minimum Gasteiger partial charge on any atom is -0.327 e. The third kappa shape index (κ3) is 2.61. The maximum atomic E-state index is 13.4. The van der Waals surface area contributed by atoms with Gasteiger partial charge in [-0.2, -0.15) is 0 Å². The van der Waals surface area contributed by atoms with Crippen molar-refractivity contribution in [1.29, 1.82) is 0 Å². The average Bonchev–Trinajstić information content (AvgIpc) is 2.65. The number of hydrogen-bond acceptors (Lipinski definition) is 2. The molecule has 20 heavy (non-hydrogen) atoms. The summed E-state index contributed by atoms with van der Waals surface area (Å²) in [6, 6.07) is 6.64.